The van der Waals surface area contributed by atoms with Gasteiger partial charge < -0.3 is 14.6 Å². The number of carbonyl (C=O) groups excluding carboxylic acids is 2. The Hall–Kier alpha value is -2.04. The summed E-state index contributed by atoms with van der Waals surface area (Å²) in [4.78, 5) is 22.6. The summed E-state index contributed by atoms with van der Waals surface area (Å²) in [6, 6.07) is 4.74. The Morgan fingerprint density at radius 3 is 2.95 bits per heavy atom. The Balaban J connectivity index is 1.95. The van der Waals surface area contributed by atoms with Crippen molar-refractivity contribution in [3.63, 3.8) is 0 Å². The summed E-state index contributed by atoms with van der Waals surface area (Å²) in [5.41, 5.74) is 0.165. The van der Waals surface area contributed by atoms with E-state index in [1.807, 2.05) is 0 Å². The van der Waals surface area contributed by atoms with E-state index >= 15 is 0 Å². The van der Waals surface area contributed by atoms with E-state index in [0.717, 1.165) is 25.7 Å². The maximum Gasteiger partial charge on any atom is 0.308 e. The molecule has 0 aliphatic heterocycles. The van der Waals surface area contributed by atoms with Gasteiger partial charge >= 0.3 is 5.97 Å². The van der Waals surface area contributed by atoms with Gasteiger partial charge in [-0.25, -0.2) is 0 Å². The van der Waals surface area contributed by atoms with Crippen LogP contribution in [0.4, 0.5) is 0 Å². The van der Waals surface area contributed by atoms with Crippen molar-refractivity contribution in [2.24, 2.45) is 11.8 Å². The third-order valence-corrected chi connectivity index (χ3v) is 3.95. The molecule has 21 heavy (non-hydrogen) atoms. The Kier molecular flexibility index (Phi) is 5.20. The molecule has 1 fully saturated rings. The number of aromatic hydroxyl groups is 1. The number of hydrogen-bond donors (Lipinski definition) is 1. The molecule has 5 heteroatoms. The van der Waals surface area contributed by atoms with Crippen molar-refractivity contribution < 1.29 is 24.2 Å². The summed E-state index contributed by atoms with van der Waals surface area (Å²) in [5.74, 6) is 0.325. The van der Waals surface area contributed by atoms with Gasteiger partial charge in [0.1, 0.15) is 11.5 Å². The molecule has 2 rings (SSSR count). The van der Waals surface area contributed by atoms with Crippen molar-refractivity contribution in [1.29, 1.82) is 0 Å². The zero-order valence-corrected chi connectivity index (χ0v) is 12.1. The van der Waals surface area contributed by atoms with Crippen LogP contribution in [-0.4, -0.2) is 31.1 Å². The lowest BCUT2D eigenvalue weighted by Crippen LogP contribution is -2.27. The normalized spacial score (nSPS) is 21.6. The number of carbonyl (C=O) groups is 2. The van der Waals surface area contributed by atoms with Crippen LogP contribution in [0, 0.1) is 11.8 Å². The van der Waals surface area contributed by atoms with E-state index in [1.165, 1.54) is 13.2 Å². The summed E-state index contributed by atoms with van der Waals surface area (Å²) in [5, 5.41) is 9.60. The van der Waals surface area contributed by atoms with Crippen LogP contribution in [0.1, 0.15) is 36.0 Å². The molecule has 5 nitrogen and oxygen atoms in total. The van der Waals surface area contributed by atoms with Gasteiger partial charge in [0.05, 0.1) is 25.2 Å². The molecule has 2 unspecified atom stereocenters. The molecule has 1 aromatic carbocycles. The van der Waals surface area contributed by atoms with E-state index in [0.29, 0.717) is 18.6 Å². The molecule has 1 N–H and O–H groups in total. The van der Waals surface area contributed by atoms with E-state index in [1.54, 1.807) is 12.1 Å². The first-order valence-electron chi connectivity index (χ1n) is 7.13. The summed E-state index contributed by atoms with van der Waals surface area (Å²) in [6.45, 7) is 0.428. The highest BCUT2D eigenvalue weighted by atomic mass is 16.5. The minimum atomic E-state index is -0.161. The predicted molar refractivity (Wildman–Crippen MR) is 76.5 cm³/mol. The molecule has 0 bridgehead atoms. The van der Waals surface area contributed by atoms with Crippen LogP contribution in [0.25, 0.3) is 0 Å². The van der Waals surface area contributed by atoms with Crippen molar-refractivity contribution >= 4 is 12.3 Å². The van der Waals surface area contributed by atoms with Crippen LogP contribution < -0.4 is 4.74 Å². The smallest absolute Gasteiger partial charge is 0.308 e. The molecule has 0 spiro atoms. The van der Waals surface area contributed by atoms with Crippen LogP contribution in [-0.2, 0) is 9.53 Å². The van der Waals surface area contributed by atoms with E-state index in [-0.39, 0.29) is 29.1 Å². The summed E-state index contributed by atoms with van der Waals surface area (Å²) >= 11 is 0. The Labute approximate surface area is 123 Å². The Morgan fingerprint density at radius 2 is 2.24 bits per heavy atom. The highest BCUT2D eigenvalue weighted by molar-refractivity contribution is 5.83. The third-order valence-electron chi connectivity index (χ3n) is 3.95. The molecule has 0 radical (unpaired) electrons. The topological polar surface area (TPSA) is 72.8 Å². The second-order valence-electron chi connectivity index (χ2n) is 5.37. The lowest BCUT2D eigenvalue weighted by atomic mass is 9.82. The molecule has 0 heterocycles. The molecule has 1 saturated carbocycles. The number of rotatable bonds is 5. The highest BCUT2D eigenvalue weighted by Crippen LogP contribution is 2.31. The van der Waals surface area contributed by atoms with E-state index < -0.39 is 0 Å². The molecule has 0 amide bonds. The van der Waals surface area contributed by atoms with E-state index in [4.69, 9.17) is 9.47 Å². The minimum Gasteiger partial charge on any atom is -0.507 e. The van der Waals surface area contributed by atoms with Crippen molar-refractivity contribution in [3.8, 4) is 11.5 Å². The number of phenols is 1. The molecule has 114 valence electrons. The number of hydrogen-bond acceptors (Lipinski definition) is 5. The highest BCUT2D eigenvalue weighted by Gasteiger charge is 2.28. The standard InChI is InChI=1S/C16H20O5/c1-20-16(19)12-5-2-4-11(8-12)10-21-15-7-3-6-14(18)13(15)9-17/h3,6-7,9,11-12,18H,2,4-5,8,10H2,1H3. The molecule has 1 aliphatic carbocycles. The Morgan fingerprint density at radius 1 is 1.43 bits per heavy atom. The number of methoxy groups -OCH3 is 1. The lowest BCUT2D eigenvalue weighted by molar-refractivity contribution is -0.147. The fraction of sp³-hybridized carbons (Fsp3) is 0.500. The monoisotopic (exact) mass is 292 g/mol. The van der Waals surface area contributed by atoms with Gasteiger partial charge in [0.25, 0.3) is 0 Å². The van der Waals surface area contributed by atoms with Crippen LogP contribution in [0.15, 0.2) is 18.2 Å². The van der Waals surface area contributed by atoms with Crippen molar-refractivity contribution in [1.82, 2.24) is 0 Å². The van der Waals surface area contributed by atoms with Crippen LogP contribution >= 0.6 is 0 Å². The molecule has 0 aromatic heterocycles. The maximum atomic E-state index is 11.6. The third kappa shape index (κ3) is 3.74. The van der Waals surface area contributed by atoms with Gasteiger partial charge in [-0.1, -0.05) is 12.5 Å². The van der Waals surface area contributed by atoms with Gasteiger partial charge in [-0.3, -0.25) is 9.59 Å². The minimum absolute atomic E-state index is 0.0629. The average molecular weight is 292 g/mol. The molecule has 1 aromatic rings. The first-order valence-corrected chi connectivity index (χ1v) is 7.13. The maximum absolute atomic E-state index is 11.6. The second kappa shape index (κ2) is 7.11. The van der Waals surface area contributed by atoms with Crippen molar-refractivity contribution in [3.05, 3.63) is 23.8 Å². The van der Waals surface area contributed by atoms with Crippen molar-refractivity contribution in [2.75, 3.05) is 13.7 Å². The molecule has 1 aliphatic rings. The van der Waals surface area contributed by atoms with Gasteiger partial charge in [0.2, 0.25) is 0 Å². The zero-order chi connectivity index (χ0) is 15.2. The van der Waals surface area contributed by atoms with Gasteiger partial charge in [-0.2, -0.15) is 0 Å². The van der Waals surface area contributed by atoms with E-state index in [9.17, 15) is 14.7 Å². The number of esters is 1. The number of aldehydes is 1. The molecular formula is C16H20O5. The number of ether oxygens (including phenoxy) is 2. The van der Waals surface area contributed by atoms with Crippen molar-refractivity contribution in [2.45, 2.75) is 25.7 Å². The fourth-order valence-corrected chi connectivity index (χ4v) is 2.81. The summed E-state index contributed by atoms with van der Waals surface area (Å²) < 4.78 is 10.5. The summed E-state index contributed by atoms with van der Waals surface area (Å²) in [7, 11) is 1.41. The van der Waals surface area contributed by atoms with Gasteiger partial charge in [0.15, 0.2) is 6.29 Å². The predicted octanol–water partition coefficient (Wildman–Crippen LogP) is 2.56. The first-order chi connectivity index (χ1) is 10.2. The summed E-state index contributed by atoms with van der Waals surface area (Å²) in [6.07, 6.45) is 4.14. The fourth-order valence-electron chi connectivity index (χ4n) is 2.81. The van der Waals surface area contributed by atoms with Gasteiger partial charge in [-0.15, -0.1) is 0 Å². The quantitative estimate of drug-likeness (QED) is 0.667. The molecule has 2 atom stereocenters. The van der Waals surface area contributed by atoms with Crippen LogP contribution in [0.3, 0.4) is 0 Å². The molecular weight excluding hydrogens is 272 g/mol. The first kappa shape index (κ1) is 15.4. The number of benzene rings is 1. The second-order valence-corrected chi connectivity index (χ2v) is 5.37. The van der Waals surface area contributed by atoms with Gasteiger partial charge in [-0.05, 0) is 37.3 Å². The molecule has 0 saturated heterocycles. The average Bonchev–Trinajstić information content (AvgIpc) is 2.52. The van der Waals surface area contributed by atoms with E-state index in [2.05, 4.69) is 0 Å². The number of phenolic OH excluding ortho intramolecular Hbond substituents is 1. The zero-order valence-electron chi connectivity index (χ0n) is 12.1. The van der Waals surface area contributed by atoms with Crippen LogP contribution in [0.5, 0.6) is 11.5 Å². The lowest BCUT2D eigenvalue weighted by Gasteiger charge is -2.27. The SMILES string of the molecule is COC(=O)C1CCCC(COc2cccc(O)c2C=O)C1. The van der Waals surface area contributed by atoms with Crippen LogP contribution in [0.2, 0.25) is 0 Å². The largest absolute Gasteiger partial charge is 0.507 e. The van der Waals surface area contributed by atoms with Gasteiger partial charge in [0, 0.05) is 0 Å². The Bertz CT molecular complexity index is 511.